The van der Waals surface area contributed by atoms with Crippen molar-refractivity contribution in [2.45, 2.75) is 19.4 Å². The van der Waals surface area contributed by atoms with E-state index < -0.39 is 23.5 Å². The van der Waals surface area contributed by atoms with E-state index in [1.54, 1.807) is 6.92 Å². The molecule has 1 aliphatic heterocycles. The van der Waals surface area contributed by atoms with Gasteiger partial charge in [-0.05, 0) is 24.1 Å². The number of carbonyl (C=O) groups is 1. The highest BCUT2D eigenvalue weighted by molar-refractivity contribution is 5.78. The second-order valence-electron chi connectivity index (χ2n) is 4.36. The van der Waals surface area contributed by atoms with Crippen LogP contribution in [0.2, 0.25) is 0 Å². The SMILES string of the molecule is CCC(c1cc(F)c(F)c(F)c1)N1CCOCC1=O. The molecule has 1 saturated heterocycles. The molecule has 2 rings (SSSR count). The number of hydrogen-bond donors (Lipinski definition) is 0. The fraction of sp³-hybridized carbons (Fsp3) is 0.462. The molecule has 1 aliphatic rings. The van der Waals surface area contributed by atoms with Crippen molar-refractivity contribution in [1.29, 1.82) is 0 Å². The predicted molar refractivity (Wildman–Crippen MR) is 61.9 cm³/mol. The lowest BCUT2D eigenvalue weighted by atomic mass is 10.0. The second kappa shape index (κ2) is 5.61. The first-order valence-electron chi connectivity index (χ1n) is 6.06. The Morgan fingerprint density at radius 1 is 1.32 bits per heavy atom. The molecular formula is C13H14F3NO2. The van der Waals surface area contributed by atoms with E-state index >= 15 is 0 Å². The fourth-order valence-electron chi connectivity index (χ4n) is 2.26. The Balaban J connectivity index is 2.33. The van der Waals surface area contributed by atoms with E-state index in [-0.39, 0.29) is 18.1 Å². The highest BCUT2D eigenvalue weighted by Crippen LogP contribution is 2.27. The topological polar surface area (TPSA) is 29.5 Å². The number of hydrogen-bond acceptors (Lipinski definition) is 2. The number of rotatable bonds is 3. The summed E-state index contributed by atoms with van der Waals surface area (Å²) in [6, 6.07) is 1.41. The van der Waals surface area contributed by atoms with Crippen molar-refractivity contribution in [3.63, 3.8) is 0 Å². The quantitative estimate of drug-likeness (QED) is 0.791. The van der Waals surface area contributed by atoms with Gasteiger partial charge in [-0.25, -0.2) is 13.2 Å². The van der Waals surface area contributed by atoms with Gasteiger partial charge in [-0.1, -0.05) is 6.92 Å². The van der Waals surface area contributed by atoms with Crippen LogP contribution in [-0.4, -0.2) is 30.6 Å². The maximum atomic E-state index is 13.3. The largest absolute Gasteiger partial charge is 0.370 e. The number of amides is 1. The van der Waals surface area contributed by atoms with Crippen LogP contribution in [0, 0.1) is 17.5 Å². The van der Waals surface area contributed by atoms with Crippen LogP contribution in [0.1, 0.15) is 24.9 Å². The first-order chi connectivity index (χ1) is 9.04. The average Bonchev–Trinajstić information content (AvgIpc) is 2.39. The van der Waals surface area contributed by atoms with Gasteiger partial charge in [0.05, 0.1) is 12.6 Å². The molecule has 0 spiro atoms. The number of halogens is 3. The number of morpholine rings is 1. The number of carbonyl (C=O) groups excluding carboxylic acids is 1. The van der Waals surface area contributed by atoms with Gasteiger partial charge >= 0.3 is 0 Å². The minimum atomic E-state index is -1.49. The van der Waals surface area contributed by atoms with E-state index in [4.69, 9.17) is 4.74 Å². The molecule has 0 N–H and O–H groups in total. The first-order valence-corrected chi connectivity index (χ1v) is 6.06. The average molecular weight is 273 g/mol. The minimum absolute atomic E-state index is 0.0390. The maximum Gasteiger partial charge on any atom is 0.249 e. The van der Waals surface area contributed by atoms with Crippen LogP contribution >= 0.6 is 0 Å². The Hall–Kier alpha value is -1.56. The standard InChI is InChI=1S/C13H14F3NO2/c1-2-11(17-3-4-19-7-12(17)18)8-5-9(14)13(16)10(15)6-8/h5-6,11H,2-4,7H2,1H3. The van der Waals surface area contributed by atoms with Crippen molar-refractivity contribution in [3.05, 3.63) is 35.1 Å². The molecule has 0 saturated carbocycles. The van der Waals surface area contributed by atoms with Crippen LogP contribution in [0.15, 0.2) is 12.1 Å². The van der Waals surface area contributed by atoms with E-state index in [0.29, 0.717) is 19.6 Å². The summed E-state index contributed by atoms with van der Waals surface area (Å²) in [6.45, 7) is 2.50. The second-order valence-corrected chi connectivity index (χ2v) is 4.36. The van der Waals surface area contributed by atoms with E-state index in [2.05, 4.69) is 0 Å². The number of ether oxygens (including phenoxy) is 1. The smallest absolute Gasteiger partial charge is 0.249 e. The van der Waals surface area contributed by atoms with Crippen molar-refractivity contribution >= 4 is 5.91 Å². The summed E-state index contributed by atoms with van der Waals surface area (Å²) in [4.78, 5) is 13.3. The highest BCUT2D eigenvalue weighted by Gasteiger charge is 2.28. The lowest BCUT2D eigenvalue weighted by Crippen LogP contribution is -2.43. The first kappa shape index (κ1) is 13.9. The van der Waals surface area contributed by atoms with Gasteiger partial charge in [-0.2, -0.15) is 0 Å². The minimum Gasteiger partial charge on any atom is -0.370 e. The van der Waals surface area contributed by atoms with Crippen molar-refractivity contribution in [3.8, 4) is 0 Å². The van der Waals surface area contributed by atoms with Crippen molar-refractivity contribution in [2.75, 3.05) is 19.8 Å². The molecule has 6 heteroatoms. The van der Waals surface area contributed by atoms with Crippen LogP contribution in [0.5, 0.6) is 0 Å². The lowest BCUT2D eigenvalue weighted by Gasteiger charge is -2.34. The Morgan fingerprint density at radius 2 is 1.95 bits per heavy atom. The molecule has 0 bridgehead atoms. The monoisotopic (exact) mass is 273 g/mol. The Labute approximate surface area is 109 Å². The third-order valence-corrected chi connectivity index (χ3v) is 3.18. The van der Waals surface area contributed by atoms with Gasteiger partial charge in [0.2, 0.25) is 5.91 Å². The molecule has 1 atom stereocenters. The molecule has 1 unspecified atom stereocenters. The van der Waals surface area contributed by atoms with E-state index in [0.717, 1.165) is 12.1 Å². The molecule has 1 aromatic rings. The zero-order valence-electron chi connectivity index (χ0n) is 10.5. The molecule has 0 aromatic heterocycles. The van der Waals surface area contributed by atoms with Gasteiger partial charge in [0, 0.05) is 6.54 Å². The molecule has 19 heavy (non-hydrogen) atoms. The van der Waals surface area contributed by atoms with Crippen LogP contribution in [-0.2, 0) is 9.53 Å². The summed E-state index contributed by atoms with van der Waals surface area (Å²) in [5.74, 6) is -4.21. The molecule has 1 aromatic carbocycles. The molecular weight excluding hydrogens is 259 g/mol. The van der Waals surface area contributed by atoms with Crippen molar-refractivity contribution < 1.29 is 22.7 Å². The summed E-state index contributed by atoms with van der Waals surface area (Å²) >= 11 is 0. The summed E-state index contributed by atoms with van der Waals surface area (Å²) < 4.78 is 44.5. The van der Waals surface area contributed by atoms with E-state index in [9.17, 15) is 18.0 Å². The fourth-order valence-corrected chi connectivity index (χ4v) is 2.26. The molecule has 1 amide bonds. The molecule has 104 valence electrons. The molecule has 3 nitrogen and oxygen atoms in total. The Kier molecular flexibility index (Phi) is 4.09. The third-order valence-electron chi connectivity index (χ3n) is 3.18. The van der Waals surface area contributed by atoms with E-state index in [1.165, 1.54) is 4.90 Å². The van der Waals surface area contributed by atoms with Gasteiger partial charge in [-0.3, -0.25) is 4.79 Å². The van der Waals surface area contributed by atoms with Crippen LogP contribution in [0.3, 0.4) is 0 Å². The third kappa shape index (κ3) is 2.73. The van der Waals surface area contributed by atoms with Gasteiger partial charge in [0.25, 0.3) is 0 Å². The Bertz CT molecular complexity index is 470. The summed E-state index contributed by atoms with van der Waals surface area (Å²) in [5, 5.41) is 0. The highest BCUT2D eigenvalue weighted by atomic mass is 19.2. The summed E-state index contributed by atoms with van der Waals surface area (Å²) in [7, 11) is 0. The van der Waals surface area contributed by atoms with Crippen LogP contribution in [0.4, 0.5) is 13.2 Å². The van der Waals surface area contributed by atoms with Crippen LogP contribution < -0.4 is 0 Å². The van der Waals surface area contributed by atoms with Gasteiger partial charge in [0.15, 0.2) is 17.5 Å². The number of nitrogens with zero attached hydrogens (tertiary/aromatic N) is 1. The van der Waals surface area contributed by atoms with Crippen molar-refractivity contribution in [2.24, 2.45) is 0 Å². The maximum absolute atomic E-state index is 13.3. The number of benzene rings is 1. The molecule has 0 aliphatic carbocycles. The summed E-state index contributed by atoms with van der Waals surface area (Å²) in [6.07, 6.45) is 0.482. The van der Waals surface area contributed by atoms with Gasteiger partial charge < -0.3 is 9.64 Å². The molecule has 0 radical (unpaired) electrons. The lowest BCUT2D eigenvalue weighted by molar-refractivity contribution is -0.146. The van der Waals surface area contributed by atoms with Gasteiger partial charge in [-0.15, -0.1) is 0 Å². The molecule has 1 heterocycles. The van der Waals surface area contributed by atoms with E-state index in [1.807, 2.05) is 0 Å². The molecule has 1 fully saturated rings. The summed E-state index contributed by atoms with van der Waals surface area (Å²) in [5.41, 5.74) is 0.258. The predicted octanol–water partition coefficient (Wildman–Crippen LogP) is 2.41. The van der Waals surface area contributed by atoms with Gasteiger partial charge in [0.1, 0.15) is 6.61 Å². The zero-order valence-corrected chi connectivity index (χ0v) is 10.5. The van der Waals surface area contributed by atoms with Crippen LogP contribution in [0.25, 0.3) is 0 Å². The normalized spacial score (nSPS) is 17.7. The Morgan fingerprint density at radius 3 is 2.47 bits per heavy atom. The van der Waals surface area contributed by atoms with Crippen molar-refractivity contribution in [1.82, 2.24) is 4.90 Å². The zero-order chi connectivity index (χ0) is 14.0.